The summed E-state index contributed by atoms with van der Waals surface area (Å²) in [6.45, 7) is 10.3. The number of carbonyl (C=O) groups is 3. The van der Waals surface area contributed by atoms with Gasteiger partial charge in [0.05, 0.1) is 17.8 Å². The third-order valence-corrected chi connectivity index (χ3v) is 6.84. The molecule has 0 aliphatic carbocycles. The molecule has 0 unspecified atom stereocenters. The molecule has 1 aliphatic rings. The quantitative estimate of drug-likeness (QED) is 0.537. The average Bonchev–Trinajstić information content (AvgIpc) is 2.78. The third-order valence-electron chi connectivity index (χ3n) is 5.19. The van der Waals surface area contributed by atoms with Crippen molar-refractivity contribution in [2.45, 2.75) is 52.0 Å². The fraction of sp³-hybridized carbons (Fsp3) is 0.560. The maximum absolute atomic E-state index is 13.2. The Morgan fingerprint density at radius 1 is 1.08 bits per heavy atom. The monoisotopic (exact) mass is 541 g/mol. The van der Waals surface area contributed by atoms with E-state index < -0.39 is 38.7 Å². The number of amides is 3. The van der Waals surface area contributed by atoms with Crippen LogP contribution in [0, 0.1) is 5.41 Å². The van der Waals surface area contributed by atoms with Crippen LogP contribution in [0.2, 0.25) is 0 Å². The molecule has 1 fully saturated rings. The van der Waals surface area contributed by atoms with Crippen LogP contribution in [0.3, 0.4) is 0 Å². The Hall–Kier alpha value is -3.15. The van der Waals surface area contributed by atoms with Gasteiger partial charge in [-0.25, -0.2) is 17.6 Å². The molecular weight excluding hydrogens is 505 g/mol. The summed E-state index contributed by atoms with van der Waals surface area (Å²) in [5.74, 6) is -0.807. The van der Waals surface area contributed by atoms with Crippen LogP contribution in [-0.4, -0.2) is 80.4 Å². The van der Waals surface area contributed by atoms with E-state index in [1.807, 2.05) is 0 Å². The number of nitrogens with one attached hydrogen (secondary N) is 1. The van der Waals surface area contributed by atoms with Crippen molar-refractivity contribution in [2.24, 2.45) is 5.41 Å². The largest absolute Gasteiger partial charge is 0.489 e. The summed E-state index contributed by atoms with van der Waals surface area (Å²) >= 11 is 0. The number of piperazine rings is 1. The van der Waals surface area contributed by atoms with Crippen LogP contribution in [0.1, 0.15) is 41.5 Å². The lowest BCUT2D eigenvalue weighted by atomic mass is 9.94. The number of ether oxygens (including phenoxy) is 2. The van der Waals surface area contributed by atoms with E-state index in [1.165, 1.54) is 34.1 Å². The maximum atomic E-state index is 13.2. The predicted molar refractivity (Wildman–Crippen MR) is 135 cm³/mol. The fourth-order valence-electron chi connectivity index (χ4n) is 3.31. The average molecular weight is 542 g/mol. The van der Waals surface area contributed by atoms with Crippen LogP contribution in [0.5, 0.6) is 5.75 Å². The van der Waals surface area contributed by atoms with Crippen molar-refractivity contribution in [1.82, 2.24) is 15.1 Å². The normalized spacial score (nSPS) is 15.4. The first-order valence-electron chi connectivity index (χ1n) is 11.8. The van der Waals surface area contributed by atoms with E-state index in [9.17, 15) is 27.2 Å². The SMILES string of the molecule is CC(C)(C)OC(=O)NC/C(=C\F)COc1ccc(S(=O)(=O)CN2CCN(C(=O)C(C)(C)C)CC2=O)cc1. The minimum absolute atomic E-state index is 0.00584. The summed E-state index contributed by atoms with van der Waals surface area (Å²) in [5.41, 5.74) is -1.17. The summed E-state index contributed by atoms with van der Waals surface area (Å²) < 4.78 is 49.5. The van der Waals surface area contributed by atoms with Gasteiger partial charge in [0.15, 0.2) is 9.84 Å². The fourth-order valence-corrected chi connectivity index (χ4v) is 4.70. The molecule has 1 N–H and O–H groups in total. The van der Waals surface area contributed by atoms with E-state index in [0.717, 1.165) is 0 Å². The van der Waals surface area contributed by atoms with Crippen molar-refractivity contribution < 1.29 is 36.7 Å². The van der Waals surface area contributed by atoms with Crippen LogP contribution in [0.15, 0.2) is 41.1 Å². The maximum Gasteiger partial charge on any atom is 0.407 e. The van der Waals surface area contributed by atoms with Gasteiger partial charge in [0, 0.05) is 30.6 Å². The van der Waals surface area contributed by atoms with E-state index in [0.29, 0.717) is 12.1 Å². The van der Waals surface area contributed by atoms with Gasteiger partial charge in [0.25, 0.3) is 0 Å². The second kappa shape index (κ2) is 11.9. The highest BCUT2D eigenvalue weighted by Crippen LogP contribution is 2.21. The van der Waals surface area contributed by atoms with Gasteiger partial charge in [0.2, 0.25) is 11.8 Å². The van der Waals surface area contributed by atoms with Gasteiger partial charge < -0.3 is 24.6 Å². The molecule has 0 radical (unpaired) electrons. The Bertz CT molecular complexity index is 1120. The Morgan fingerprint density at radius 3 is 2.22 bits per heavy atom. The Morgan fingerprint density at radius 2 is 1.70 bits per heavy atom. The molecule has 1 aliphatic heterocycles. The van der Waals surface area contributed by atoms with E-state index in [4.69, 9.17) is 9.47 Å². The molecule has 0 atom stereocenters. The number of sulfone groups is 1. The first-order valence-corrected chi connectivity index (χ1v) is 13.4. The molecule has 37 heavy (non-hydrogen) atoms. The van der Waals surface area contributed by atoms with Crippen LogP contribution >= 0.6 is 0 Å². The van der Waals surface area contributed by atoms with Gasteiger partial charge in [-0.2, -0.15) is 0 Å². The summed E-state index contributed by atoms with van der Waals surface area (Å²) in [6.07, 6.45) is -0.371. The number of hydrogen-bond donors (Lipinski definition) is 1. The summed E-state index contributed by atoms with van der Waals surface area (Å²) in [6, 6.07) is 5.52. The Labute approximate surface area is 217 Å². The molecule has 206 valence electrons. The van der Waals surface area contributed by atoms with Crippen LogP contribution in [0.4, 0.5) is 9.18 Å². The molecule has 10 nitrogen and oxygen atoms in total. The summed E-state index contributed by atoms with van der Waals surface area (Å²) in [5, 5.41) is 2.43. The molecule has 0 bridgehead atoms. The molecule has 3 amide bonds. The smallest absolute Gasteiger partial charge is 0.407 e. The number of hydrogen-bond acceptors (Lipinski definition) is 7. The number of carbonyl (C=O) groups excluding carboxylic acids is 3. The number of nitrogens with zero attached hydrogens (tertiary/aromatic N) is 2. The highest BCUT2D eigenvalue weighted by atomic mass is 32.2. The standard InChI is InChI=1S/C25H36FN3O7S/c1-24(2,3)22(31)28-11-12-29(21(30)15-28)17-37(33,34)20-9-7-19(8-10-20)35-16-18(13-26)14-27-23(32)36-25(4,5)6/h7-10,13H,11-12,14-17H2,1-6H3,(H,27,32)/b18-13+. The lowest BCUT2D eigenvalue weighted by molar-refractivity contribution is -0.149. The minimum atomic E-state index is -3.83. The summed E-state index contributed by atoms with van der Waals surface area (Å²) in [7, 11) is -3.83. The molecule has 0 spiro atoms. The van der Waals surface area contributed by atoms with Crippen molar-refractivity contribution in [3.63, 3.8) is 0 Å². The van der Waals surface area contributed by atoms with Gasteiger partial charge in [-0.05, 0) is 45.0 Å². The van der Waals surface area contributed by atoms with Gasteiger partial charge in [-0.3, -0.25) is 9.59 Å². The number of benzene rings is 1. The second-order valence-corrected chi connectivity index (χ2v) is 12.7. The molecule has 12 heteroatoms. The topological polar surface area (TPSA) is 122 Å². The zero-order valence-electron chi connectivity index (χ0n) is 22.2. The highest BCUT2D eigenvalue weighted by molar-refractivity contribution is 7.91. The zero-order valence-corrected chi connectivity index (χ0v) is 23.0. The van der Waals surface area contributed by atoms with E-state index >= 15 is 0 Å². The second-order valence-electron chi connectivity index (χ2n) is 10.8. The zero-order chi connectivity index (χ0) is 28.0. The number of rotatable bonds is 8. The lowest BCUT2D eigenvalue weighted by Crippen LogP contribution is -2.55. The highest BCUT2D eigenvalue weighted by Gasteiger charge is 2.34. The molecule has 1 aromatic rings. The van der Waals surface area contributed by atoms with Gasteiger partial charge in [-0.15, -0.1) is 0 Å². The molecular formula is C25H36FN3O7S. The van der Waals surface area contributed by atoms with Gasteiger partial charge >= 0.3 is 6.09 Å². The van der Waals surface area contributed by atoms with E-state index in [-0.39, 0.29) is 49.2 Å². The van der Waals surface area contributed by atoms with Gasteiger partial charge in [-0.1, -0.05) is 20.8 Å². The van der Waals surface area contributed by atoms with E-state index in [2.05, 4.69) is 5.32 Å². The molecule has 1 heterocycles. The minimum Gasteiger partial charge on any atom is -0.489 e. The number of halogens is 1. The Kier molecular flexibility index (Phi) is 9.70. The van der Waals surface area contributed by atoms with Crippen molar-refractivity contribution >= 4 is 27.7 Å². The predicted octanol–water partition coefficient (Wildman–Crippen LogP) is 2.89. The van der Waals surface area contributed by atoms with Crippen LogP contribution < -0.4 is 10.1 Å². The van der Waals surface area contributed by atoms with Crippen molar-refractivity contribution in [2.75, 3.05) is 38.7 Å². The van der Waals surface area contributed by atoms with E-state index in [1.54, 1.807) is 41.5 Å². The molecule has 1 aromatic carbocycles. The molecule has 2 rings (SSSR count). The van der Waals surface area contributed by atoms with Crippen molar-refractivity contribution in [3.05, 3.63) is 36.2 Å². The lowest BCUT2D eigenvalue weighted by Gasteiger charge is -2.36. The third kappa shape index (κ3) is 9.34. The molecule has 0 saturated carbocycles. The molecule has 0 aromatic heterocycles. The number of alkyl carbamates (subject to hydrolysis) is 1. The Balaban J connectivity index is 1.91. The molecule has 1 saturated heterocycles. The van der Waals surface area contributed by atoms with Crippen molar-refractivity contribution in [3.8, 4) is 5.75 Å². The first kappa shape index (κ1) is 30.1. The van der Waals surface area contributed by atoms with Gasteiger partial charge in [0.1, 0.15) is 23.8 Å². The van der Waals surface area contributed by atoms with Crippen LogP contribution in [0.25, 0.3) is 0 Å². The van der Waals surface area contributed by atoms with Crippen LogP contribution in [-0.2, 0) is 24.2 Å². The van der Waals surface area contributed by atoms with Crippen molar-refractivity contribution in [1.29, 1.82) is 0 Å². The first-order chi connectivity index (χ1) is 17.0. The summed E-state index contributed by atoms with van der Waals surface area (Å²) in [4.78, 5) is 39.3.